The lowest BCUT2D eigenvalue weighted by Gasteiger charge is -2.28. The van der Waals surface area contributed by atoms with Crippen LogP contribution in [0.25, 0.3) is 10.2 Å². The van der Waals surface area contributed by atoms with E-state index in [2.05, 4.69) is 35.1 Å². The van der Waals surface area contributed by atoms with E-state index in [0.717, 1.165) is 42.7 Å². The maximum absolute atomic E-state index is 4.79. The molecule has 1 aliphatic heterocycles. The number of hydrogen-bond acceptors (Lipinski definition) is 5. The fourth-order valence-electron chi connectivity index (χ4n) is 2.69. The normalized spacial score (nSPS) is 15.8. The summed E-state index contributed by atoms with van der Waals surface area (Å²) in [5, 5.41) is 4.55. The lowest BCUT2D eigenvalue weighted by atomic mass is 10.1. The van der Waals surface area contributed by atoms with Crippen molar-refractivity contribution < 1.29 is 0 Å². The Kier molecular flexibility index (Phi) is 4.05. The van der Waals surface area contributed by atoms with Crippen molar-refractivity contribution in [1.29, 1.82) is 0 Å². The molecule has 1 saturated heterocycles. The molecule has 3 heterocycles. The molecule has 1 N–H and O–H groups in total. The van der Waals surface area contributed by atoms with E-state index in [1.54, 1.807) is 11.3 Å². The van der Waals surface area contributed by atoms with Crippen LogP contribution >= 0.6 is 11.3 Å². The molecule has 0 bridgehead atoms. The largest absolute Gasteiger partial charge is 0.356 e. The Morgan fingerprint density at radius 1 is 1.25 bits per heavy atom. The van der Waals surface area contributed by atoms with E-state index in [4.69, 9.17) is 4.98 Å². The highest BCUT2D eigenvalue weighted by Gasteiger charge is 2.18. The van der Waals surface area contributed by atoms with E-state index in [1.165, 1.54) is 29.5 Å². The number of anilines is 2. The molecule has 0 radical (unpaired) electrons. The van der Waals surface area contributed by atoms with Crippen molar-refractivity contribution in [3.05, 3.63) is 10.9 Å². The highest BCUT2D eigenvalue weighted by atomic mass is 32.1. The first kappa shape index (κ1) is 13.6. The van der Waals surface area contributed by atoms with Crippen molar-refractivity contribution in [2.45, 2.75) is 39.5 Å². The second kappa shape index (κ2) is 5.95. The van der Waals surface area contributed by atoms with E-state index in [-0.39, 0.29) is 0 Å². The van der Waals surface area contributed by atoms with Crippen LogP contribution in [0.3, 0.4) is 0 Å². The lowest BCUT2D eigenvalue weighted by Crippen LogP contribution is -2.30. The Hall–Kier alpha value is -1.36. The van der Waals surface area contributed by atoms with Crippen LogP contribution in [0.15, 0.2) is 6.07 Å². The molecule has 1 aliphatic rings. The van der Waals surface area contributed by atoms with Gasteiger partial charge in [-0.15, -0.1) is 11.3 Å². The van der Waals surface area contributed by atoms with Crippen molar-refractivity contribution in [2.24, 2.45) is 0 Å². The quantitative estimate of drug-likeness (QED) is 0.929. The fraction of sp³-hybridized carbons (Fsp3) is 0.600. The first-order valence-corrected chi connectivity index (χ1v) is 8.36. The summed E-state index contributed by atoms with van der Waals surface area (Å²) < 4.78 is 0. The van der Waals surface area contributed by atoms with Crippen molar-refractivity contribution in [2.75, 3.05) is 29.9 Å². The second-order valence-corrected chi connectivity index (χ2v) is 6.66. The van der Waals surface area contributed by atoms with Crippen molar-refractivity contribution in [3.63, 3.8) is 0 Å². The Bertz CT molecular complexity index is 587. The van der Waals surface area contributed by atoms with E-state index in [0.29, 0.717) is 0 Å². The van der Waals surface area contributed by atoms with Gasteiger partial charge in [-0.05, 0) is 38.7 Å². The lowest BCUT2D eigenvalue weighted by molar-refractivity contribution is 0.575. The summed E-state index contributed by atoms with van der Waals surface area (Å²) in [7, 11) is 0. The molecule has 0 amide bonds. The zero-order chi connectivity index (χ0) is 13.9. The molecule has 2 aromatic heterocycles. The van der Waals surface area contributed by atoms with Gasteiger partial charge in [-0.3, -0.25) is 0 Å². The topological polar surface area (TPSA) is 41.1 Å². The van der Waals surface area contributed by atoms with Crippen LogP contribution in [0.4, 0.5) is 11.8 Å². The number of aromatic nitrogens is 2. The predicted octanol–water partition coefficient (Wildman–Crippen LogP) is 3.81. The molecule has 20 heavy (non-hydrogen) atoms. The van der Waals surface area contributed by atoms with Gasteiger partial charge in [0.15, 0.2) is 0 Å². The van der Waals surface area contributed by atoms with Crippen LogP contribution in [0.5, 0.6) is 0 Å². The molecule has 0 saturated carbocycles. The summed E-state index contributed by atoms with van der Waals surface area (Å²) in [6.07, 6.45) is 4.97. The van der Waals surface area contributed by atoms with Crippen LogP contribution in [0.2, 0.25) is 0 Å². The zero-order valence-electron chi connectivity index (χ0n) is 12.3. The van der Waals surface area contributed by atoms with Crippen molar-refractivity contribution in [3.8, 4) is 0 Å². The van der Waals surface area contributed by atoms with Crippen LogP contribution in [0, 0.1) is 6.92 Å². The number of nitrogens with one attached hydrogen (secondary N) is 1. The Balaban J connectivity index is 2.01. The molecule has 0 unspecified atom stereocenters. The monoisotopic (exact) mass is 290 g/mol. The summed E-state index contributed by atoms with van der Waals surface area (Å²) in [6, 6.07) is 2.23. The van der Waals surface area contributed by atoms with Crippen molar-refractivity contribution >= 4 is 33.3 Å². The van der Waals surface area contributed by atoms with Crippen molar-refractivity contribution in [1.82, 2.24) is 9.97 Å². The van der Waals surface area contributed by atoms with Gasteiger partial charge < -0.3 is 10.2 Å². The zero-order valence-corrected chi connectivity index (χ0v) is 13.1. The Morgan fingerprint density at radius 3 is 2.80 bits per heavy atom. The average molecular weight is 290 g/mol. The number of thiophene rings is 1. The van der Waals surface area contributed by atoms with E-state index >= 15 is 0 Å². The molecule has 5 heteroatoms. The summed E-state index contributed by atoms with van der Waals surface area (Å²) in [5.74, 6) is 1.90. The van der Waals surface area contributed by atoms with Gasteiger partial charge in [0.05, 0.1) is 5.39 Å². The van der Waals surface area contributed by atoms with Gasteiger partial charge in [0.1, 0.15) is 10.6 Å². The average Bonchev–Trinajstić information content (AvgIpc) is 2.85. The van der Waals surface area contributed by atoms with Crippen LogP contribution in [0.1, 0.15) is 37.5 Å². The summed E-state index contributed by atoms with van der Waals surface area (Å²) in [5.41, 5.74) is 0. The standard InChI is InChI=1S/C15H22N4S/c1-3-7-16-15-17-13(19-8-5-4-6-9-19)12-10-11(2)20-14(12)18-15/h10H,3-9H2,1-2H3,(H,16,17,18). The van der Waals surface area contributed by atoms with Gasteiger partial charge in [0, 0.05) is 24.5 Å². The minimum Gasteiger partial charge on any atom is -0.356 e. The van der Waals surface area contributed by atoms with Gasteiger partial charge in [-0.2, -0.15) is 4.98 Å². The molecule has 0 aromatic carbocycles. The summed E-state index contributed by atoms with van der Waals surface area (Å²) in [4.78, 5) is 14.3. The van der Waals surface area contributed by atoms with Crippen LogP contribution in [-0.4, -0.2) is 29.6 Å². The molecule has 108 valence electrons. The summed E-state index contributed by atoms with van der Waals surface area (Å²) in [6.45, 7) is 7.47. The highest BCUT2D eigenvalue weighted by Crippen LogP contribution is 2.32. The minimum atomic E-state index is 0.779. The molecule has 2 aromatic rings. The number of aryl methyl sites for hydroxylation is 1. The Labute approximate surface area is 124 Å². The maximum atomic E-state index is 4.79. The highest BCUT2D eigenvalue weighted by molar-refractivity contribution is 7.18. The number of rotatable bonds is 4. The van der Waals surface area contributed by atoms with Crippen LogP contribution in [-0.2, 0) is 0 Å². The SMILES string of the molecule is CCCNc1nc(N2CCCCC2)c2cc(C)sc2n1. The van der Waals surface area contributed by atoms with Gasteiger partial charge in [0.25, 0.3) is 0 Å². The first-order valence-electron chi connectivity index (χ1n) is 7.55. The number of piperidine rings is 1. The molecular formula is C15H22N4S. The molecule has 1 fully saturated rings. The van der Waals surface area contributed by atoms with Crippen LogP contribution < -0.4 is 10.2 Å². The first-order chi connectivity index (χ1) is 9.78. The maximum Gasteiger partial charge on any atom is 0.226 e. The third-order valence-electron chi connectivity index (χ3n) is 3.68. The third-order valence-corrected chi connectivity index (χ3v) is 4.63. The van der Waals surface area contributed by atoms with E-state index < -0.39 is 0 Å². The second-order valence-electron chi connectivity index (χ2n) is 5.42. The third kappa shape index (κ3) is 2.73. The van der Waals surface area contributed by atoms with Gasteiger partial charge in [0.2, 0.25) is 5.95 Å². The Morgan fingerprint density at radius 2 is 2.05 bits per heavy atom. The molecule has 3 rings (SSSR count). The molecule has 0 atom stereocenters. The molecule has 0 aliphatic carbocycles. The van der Waals surface area contributed by atoms with Gasteiger partial charge in [-0.1, -0.05) is 6.92 Å². The molecule has 4 nitrogen and oxygen atoms in total. The predicted molar refractivity (Wildman–Crippen MR) is 87.0 cm³/mol. The van der Waals surface area contributed by atoms with E-state index in [9.17, 15) is 0 Å². The van der Waals surface area contributed by atoms with Gasteiger partial charge >= 0.3 is 0 Å². The summed E-state index contributed by atoms with van der Waals surface area (Å²) >= 11 is 1.76. The molecule has 0 spiro atoms. The number of fused-ring (bicyclic) bond motifs is 1. The van der Waals surface area contributed by atoms with E-state index in [1.807, 2.05) is 0 Å². The smallest absolute Gasteiger partial charge is 0.226 e. The fourth-order valence-corrected chi connectivity index (χ4v) is 3.56. The van der Waals surface area contributed by atoms with Gasteiger partial charge in [-0.25, -0.2) is 4.98 Å². The number of hydrogen-bond donors (Lipinski definition) is 1. The number of nitrogens with zero attached hydrogens (tertiary/aromatic N) is 3. The minimum absolute atomic E-state index is 0.779. The molecular weight excluding hydrogens is 268 g/mol.